The van der Waals surface area contributed by atoms with Crippen LogP contribution < -0.4 is 5.32 Å². The Balaban J connectivity index is 3.47. The van der Waals surface area contributed by atoms with Crippen molar-refractivity contribution in [2.45, 2.75) is 45.1 Å². The van der Waals surface area contributed by atoms with Crippen LogP contribution in [0.3, 0.4) is 0 Å². The summed E-state index contributed by atoms with van der Waals surface area (Å²) >= 11 is 0. The van der Waals surface area contributed by atoms with Crippen LogP contribution in [0, 0.1) is 0 Å². The predicted octanol–water partition coefficient (Wildman–Crippen LogP) is 0.992. The van der Waals surface area contributed by atoms with E-state index in [0.717, 1.165) is 12.8 Å². The van der Waals surface area contributed by atoms with Crippen LogP contribution in [-0.2, 0) is 4.79 Å². The first kappa shape index (κ1) is 13.4. The van der Waals surface area contributed by atoms with Crippen LogP contribution in [0.1, 0.15) is 39.5 Å². The normalized spacial score (nSPS) is 11.6. The zero-order valence-corrected chi connectivity index (χ0v) is 9.05. The fourth-order valence-electron chi connectivity index (χ4n) is 1.19. The Kier molecular flexibility index (Phi) is 6.49. The molecule has 0 aromatic rings. The maximum atomic E-state index is 10.2. The summed E-state index contributed by atoms with van der Waals surface area (Å²) < 4.78 is 0. The Morgan fingerprint density at radius 2 is 1.93 bits per heavy atom. The zero-order valence-electron chi connectivity index (χ0n) is 9.05. The van der Waals surface area contributed by atoms with Gasteiger partial charge in [-0.1, -0.05) is 13.8 Å². The summed E-state index contributed by atoms with van der Waals surface area (Å²) in [6.07, 6.45) is 2.23. The van der Waals surface area contributed by atoms with Crippen LogP contribution in [0.25, 0.3) is 0 Å². The first-order valence-corrected chi connectivity index (χ1v) is 5.19. The topological polar surface area (TPSA) is 69.6 Å². The summed E-state index contributed by atoms with van der Waals surface area (Å²) in [5.41, 5.74) is -0.636. The molecule has 0 aliphatic heterocycles. The van der Waals surface area contributed by atoms with Crippen molar-refractivity contribution in [2.24, 2.45) is 0 Å². The second-order valence-corrected chi connectivity index (χ2v) is 3.61. The third kappa shape index (κ3) is 5.94. The maximum absolute atomic E-state index is 10.2. The molecule has 0 rings (SSSR count). The molecule has 14 heavy (non-hydrogen) atoms. The summed E-state index contributed by atoms with van der Waals surface area (Å²) in [7, 11) is 0. The smallest absolute Gasteiger partial charge is 0.303 e. The Hall–Kier alpha value is -0.610. The van der Waals surface area contributed by atoms with Crippen molar-refractivity contribution in [1.82, 2.24) is 5.32 Å². The summed E-state index contributed by atoms with van der Waals surface area (Å²) in [5.74, 6) is -0.770. The Morgan fingerprint density at radius 3 is 2.36 bits per heavy atom. The number of carbonyl (C=O) groups is 1. The molecule has 0 spiro atoms. The highest BCUT2D eigenvalue weighted by Gasteiger charge is 2.20. The zero-order chi connectivity index (χ0) is 11.0. The molecule has 4 nitrogen and oxygen atoms in total. The first-order valence-electron chi connectivity index (χ1n) is 5.19. The van der Waals surface area contributed by atoms with E-state index in [1.54, 1.807) is 0 Å². The lowest BCUT2D eigenvalue weighted by molar-refractivity contribution is -0.137. The second-order valence-electron chi connectivity index (χ2n) is 3.61. The van der Waals surface area contributed by atoms with Crippen molar-refractivity contribution < 1.29 is 15.0 Å². The molecule has 0 atom stereocenters. The van der Waals surface area contributed by atoms with Gasteiger partial charge in [0, 0.05) is 13.0 Å². The minimum Gasteiger partial charge on any atom is -0.481 e. The molecule has 0 aromatic carbocycles. The van der Waals surface area contributed by atoms with E-state index in [2.05, 4.69) is 5.32 Å². The highest BCUT2D eigenvalue weighted by Crippen LogP contribution is 2.12. The van der Waals surface area contributed by atoms with Crippen LogP contribution in [-0.4, -0.2) is 34.9 Å². The number of hydrogen-bond acceptors (Lipinski definition) is 3. The van der Waals surface area contributed by atoms with E-state index in [0.29, 0.717) is 19.5 Å². The first-order chi connectivity index (χ1) is 6.54. The molecule has 0 saturated heterocycles. The third-order valence-corrected chi connectivity index (χ3v) is 2.51. The van der Waals surface area contributed by atoms with E-state index >= 15 is 0 Å². The SMILES string of the molecule is CCC(O)(CC)CNCCCC(=O)O. The highest BCUT2D eigenvalue weighted by atomic mass is 16.4. The molecule has 0 saturated carbocycles. The lowest BCUT2D eigenvalue weighted by Gasteiger charge is -2.25. The molecule has 0 aromatic heterocycles. The van der Waals surface area contributed by atoms with E-state index in [9.17, 15) is 9.90 Å². The highest BCUT2D eigenvalue weighted by molar-refractivity contribution is 5.66. The summed E-state index contributed by atoms with van der Waals surface area (Å²) in [5, 5.41) is 21.3. The van der Waals surface area contributed by atoms with Crippen molar-refractivity contribution in [3.8, 4) is 0 Å². The van der Waals surface area contributed by atoms with Gasteiger partial charge in [-0.05, 0) is 25.8 Å². The van der Waals surface area contributed by atoms with Crippen molar-refractivity contribution in [2.75, 3.05) is 13.1 Å². The number of hydrogen-bond donors (Lipinski definition) is 3. The molecule has 4 heteroatoms. The number of carboxylic acids is 1. The number of nitrogens with one attached hydrogen (secondary N) is 1. The van der Waals surface area contributed by atoms with E-state index in [1.807, 2.05) is 13.8 Å². The molecule has 0 aliphatic rings. The molecule has 0 radical (unpaired) electrons. The van der Waals surface area contributed by atoms with E-state index < -0.39 is 11.6 Å². The van der Waals surface area contributed by atoms with Crippen molar-refractivity contribution in [1.29, 1.82) is 0 Å². The summed E-state index contributed by atoms with van der Waals surface area (Å²) in [6.45, 7) is 5.08. The van der Waals surface area contributed by atoms with Gasteiger partial charge in [0.05, 0.1) is 5.60 Å². The lowest BCUT2D eigenvalue weighted by Crippen LogP contribution is -2.39. The quantitative estimate of drug-likeness (QED) is 0.515. The van der Waals surface area contributed by atoms with Gasteiger partial charge in [0.25, 0.3) is 0 Å². The molecular weight excluding hydrogens is 182 g/mol. The monoisotopic (exact) mass is 203 g/mol. The van der Waals surface area contributed by atoms with Gasteiger partial charge in [0.15, 0.2) is 0 Å². The molecular formula is C10H21NO3. The van der Waals surface area contributed by atoms with Crippen LogP contribution in [0.2, 0.25) is 0 Å². The number of aliphatic hydroxyl groups is 1. The van der Waals surface area contributed by atoms with E-state index in [1.165, 1.54) is 0 Å². The van der Waals surface area contributed by atoms with Crippen LogP contribution >= 0.6 is 0 Å². The van der Waals surface area contributed by atoms with E-state index in [4.69, 9.17) is 5.11 Å². The average molecular weight is 203 g/mol. The lowest BCUT2D eigenvalue weighted by atomic mass is 9.97. The van der Waals surface area contributed by atoms with Gasteiger partial charge in [0.1, 0.15) is 0 Å². The third-order valence-electron chi connectivity index (χ3n) is 2.51. The summed E-state index contributed by atoms with van der Waals surface area (Å²) in [4.78, 5) is 10.2. The summed E-state index contributed by atoms with van der Waals surface area (Å²) in [6, 6.07) is 0. The van der Waals surface area contributed by atoms with Gasteiger partial charge in [0.2, 0.25) is 0 Å². The van der Waals surface area contributed by atoms with Crippen LogP contribution in [0.15, 0.2) is 0 Å². The molecule has 0 aliphatic carbocycles. The molecule has 0 heterocycles. The van der Waals surface area contributed by atoms with Gasteiger partial charge in [-0.3, -0.25) is 4.79 Å². The standard InChI is InChI=1S/C10H21NO3/c1-3-10(14,4-2)8-11-7-5-6-9(12)13/h11,14H,3-8H2,1-2H3,(H,12,13). The average Bonchev–Trinajstić information content (AvgIpc) is 2.16. The second kappa shape index (κ2) is 6.79. The number of aliphatic carboxylic acids is 1. The van der Waals surface area contributed by atoms with Gasteiger partial charge < -0.3 is 15.5 Å². The fourth-order valence-corrected chi connectivity index (χ4v) is 1.19. The van der Waals surface area contributed by atoms with Crippen molar-refractivity contribution in [3.05, 3.63) is 0 Å². The Morgan fingerprint density at radius 1 is 1.36 bits per heavy atom. The minimum atomic E-state index is -0.770. The van der Waals surface area contributed by atoms with Gasteiger partial charge in [-0.15, -0.1) is 0 Å². The molecule has 0 unspecified atom stereocenters. The Labute approximate surface area is 85.3 Å². The maximum Gasteiger partial charge on any atom is 0.303 e. The van der Waals surface area contributed by atoms with Crippen molar-refractivity contribution in [3.63, 3.8) is 0 Å². The molecule has 3 N–H and O–H groups in total. The number of carboxylic acid groups (broad SMARTS) is 1. The molecule has 0 fully saturated rings. The van der Waals surface area contributed by atoms with Crippen LogP contribution in [0.5, 0.6) is 0 Å². The Bertz CT molecular complexity index is 167. The fraction of sp³-hybridized carbons (Fsp3) is 0.900. The van der Waals surface area contributed by atoms with Gasteiger partial charge in [-0.2, -0.15) is 0 Å². The van der Waals surface area contributed by atoms with Gasteiger partial charge >= 0.3 is 5.97 Å². The number of rotatable bonds is 8. The van der Waals surface area contributed by atoms with Gasteiger partial charge in [-0.25, -0.2) is 0 Å². The molecule has 0 amide bonds. The van der Waals surface area contributed by atoms with Crippen LogP contribution in [0.4, 0.5) is 0 Å². The van der Waals surface area contributed by atoms with E-state index in [-0.39, 0.29) is 6.42 Å². The minimum absolute atomic E-state index is 0.184. The van der Waals surface area contributed by atoms with Crippen molar-refractivity contribution >= 4 is 5.97 Å². The molecule has 84 valence electrons. The predicted molar refractivity (Wildman–Crippen MR) is 55.3 cm³/mol. The molecule has 0 bridgehead atoms. The largest absolute Gasteiger partial charge is 0.481 e.